The lowest BCUT2D eigenvalue weighted by Gasteiger charge is -2.36. The second-order valence-electron chi connectivity index (χ2n) is 17.6. The van der Waals surface area contributed by atoms with Crippen LogP contribution >= 0.6 is 0 Å². The van der Waals surface area contributed by atoms with Crippen molar-refractivity contribution in [1.82, 2.24) is 30.0 Å². The largest absolute Gasteiger partial charge is 0.573 e. The minimum atomic E-state index is -4.84. The Morgan fingerprint density at radius 3 is 2.27 bits per heavy atom. The van der Waals surface area contributed by atoms with Crippen LogP contribution in [0, 0.1) is 0 Å². The lowest BCUT2D eigenvalue weighted by molar-refractivity contribution is -0.274. The third-order valence-electron chi connectivity index (χ3n) is 13.3. The molecule has 1 unspecified atom stereocenters. The number of nitrogen functional groups attached to an aromatic ring is 1. The number of nitrogens with one attached hydrogen (secondary N) is 1. The number of hydrogen-bond donors (Lipinski definition) is 2. The van der Waals surface area contributed by atoms with Crippen LogP contribution < -0.4 is 20.7 Å². The summed E-state index contributed by atoms with van der Waals surface area (Å²) in [6, 6.07) is 15.3. The van der Waals surface area contributed by atoms with Crippen molar-refractivity contribution in [1.29, 1.82) is 0 Å². The number of nitrogens with zero attached hydrogens (tertiary/aromatic N) is 6. The van der Waals surface area contributed by atoms with Crippen LogP contribution in [0.2, 0.25) is 0 Å². The number of halogens is 3. The Kier molecular flexibility index (Phi) is 14.0. The van der Waals surface area contributed by atoms with Crippen LogP contribution in [-0.4, -0.2) is 107 Å². The molecule has 13 nitrogen and oxygen atoms in total. The Morgan fingerprint density at radius 1 is 0.812 bits per heavy atom. The molecule has 4 amide bonds. The highest BCUT2D eigenvalue weighted by molar-refractivity contribution is 6.05. The summed E-state index contributed by atoms with van der Waals surface area (Å²) in [6.07, 6.45) is 9.54. The number of ether oxygens (including phenoxy) is 1. The van der Waals surface area contributed by atoms with Crippen molar-refractivity contribution in [3.05, 3.63) is 88.9 Å². The van der Waals surface area contributed by atoms with E-state index in [-0.39, 0.29) is 47.2 Å². The van der Waals surface area contributed by atoms with E-state index in [0.29, 0.717) is 44.5 Å². The molecule has 16 heteroatoms. The molecule has 340 valence electrons. The van der Waals surface area contributed by atoms with Crippen molar-refractivity contribution in [3.8, 4) is 5.75 Å². The quantitative estimate of drug-likeness (QED) is 0.0662. The molecule has 5 heterocycles. The molecule has 4 aromatic rings. The smallest absolute Gasteiger partial charge is 0.406 e. The zero-order chi connectivity index (χ0) is 44.8. The third-order valence-corrected chi connectivity index (χ3v) is 13.3. The number of aromatic nitrogens is 2. The number of carbonyl (C=O) groups is 4. The molecule has 64 heavy (non-hydrogen) atoms. The molecule has 3 saturated heterocycles. The van der Waals surface area contributed by atoms with Gasteiger partial charge in [-0.2, -0.15) is 0 Å². The van der Waals surface area contributed by atoms with E-state index >= 15 is 0 Å². The highest BCUT2D eigenvalue weighted by Gasteiger charge is 2.39. The fourth-order valence-electron chi connectivity index (χ4n) is 9.79. The van der Waals surface area contributed by atoms with Gasteiger partial charge in [0.2, 0.25) is 11.8 Å². The average Bonchev–Trinajstić information content (AvgIpc) is 3.60. The van der Waals surface area contributed by atoms with Crippen LogP contribution in [0.5, 0.6) is 5.75 Å². The molecule has 1 aromatic heterocycles. The second-order valence-corrected chi connectivity index (χ2v) is 17.6. The number of imide groups is 1. The summed E-state index contributed by atoms with van der Waals surface area (Å²) >= 11 is 0. The fraction of sp³-hybridized carbons (Fsp3) is 0.500. The number of fused-ring (bicyclic) bond motifs is 2. The number of piperidine rings is 2. The first-order valence-corrected chi connectivity index (χ1v) is 22.8. The molecule has 0 spiro atoms. The van der Waals surface area contributed by atoms with Gasteiger partial charge in [-0.1, -0.05) is 50.7 Å². The third kappa shape index (κ3) is 10.8. The van der Waals surface area contributed by atoms with Gasteiger partial charge in [0.15, 0.2) is 0 Å². The van der Waals surface area contributed by atoms with E-state index in [0.717, 1.165) is 85.5 Å². The summed E-state index contributed by atoms with van der Waals surface area (Å²) in [4.78, 5) is 67.7. The second kappa shape index (κ2) is 20.0. The number of aryl methyl sites for hydroxylation is 1. The summed E-state index contributed by atoms with van der Waals surface area (Å²) in [7, 11) is 0. The zero-order valence-corrected chi connectivity index (χ0v) is 36.2. The van der Waals surface area contributed by atoms with Crippen LogP contribution in [0.4, 0.5) is 24.5 Å². The standard InChI is InChI=1S/C48H57F3N8O5/c49-48(50,51)64-36-12-15-38(40(52)29-36)46(62)58-21-18-33(19-22-58)44-39-14-11-35(28-41(39)53-31-54-44)57-25-23-56(24-26-57)20-8-6-4-2-1-3-5-7-9-32-10-13-37-34(27-32)30-59(47(37)63)42-16-17-43(60)55-45(42)61/h10-15,27-29,31,33,42H,1-9,16-26,30,52H2,(H,55,60,61). The van der Waals surface area contributed by atoms with E-state index in [2.05, 4.69) is 54.1 Å². The number of unbranched alkanes of at least 4 members (excludes halogenated alkanes) is 7. The van der Waals surface area contributed by atoms with Crippen molar-refractivity contribution in [2.45, 2.75) is 108 Å². The van der Waals surface area contributed by atoms with Gasteiger partial charge in [-0.05, 0) is 92.6 Å². The van der Waals surface area contributed by atoms with E-state index in [1.54, 1.807) is 16.1 Å². The van der Waals surface area contributed by atoms with Crippen LogP contribution in [-0.2, 0) is 22.6 Å². The van der Waals surface area contributed by atoms with Gasteiger partial charge >= 0.3 is 6.36 Å². The molecule has 0 radical (unpaired) electrons. The van der Waals surface area contributed by atoms with Crippen molar-refractivity contribution < 1.29 is 37.1 Å². The van der Waals surface area contributed by atoms with Gasteiger partial charge in [0, 0.05) is 86.5 Å². The summed E-state index contributed by atoms with van der Waals surface area (Å²) in [5.74, 6) is -1.42. The summed E-state index contributed by atoms with van der Waals surface area (Å²) in [5.41, 5.74) is 11.9. The molecule has 0 saturated carbocycles. The Labute approximate surface area is 371 Å². The van der Waals surface area contributed by atoms with E-state index in [4.69, 9.17) is 5.73 Å². The topological polar surface area (TPSA) is 154 Å². The maximum Gasteiger partial charge on any atom is 0.573 e. The van der Waals surface area contributed by atoms with Gasteiger partial charge < -0.3 is 25.2 Å². The van der Waals surface area contributed by atoms with Crippen LogP contribution in [0.1, 0.15) is 121 Å². The van der Waals surface area contributed by atoms with E-state index in [1.807, 2.05) is 12.1 Å². The number of hydrogen-bond acceptors (Lipinski definition) is 10. The van der Waals surface area contributed by atoms with Crippen molar-refractivity contribution in [2.24, 2.45) is 0 Å². The summed E-state index contributed by atoms with van der Waals surface area (Å²) < 4.78 is 41.8. The van der Waals surface area contributed by atoms with Gasteiger partial charge in [0.05, 0.1) is 16.8 Å². The summed E-state index contributed by atoms with van der Waals surface area (Å²) in [6.45, 7) is 6.47. The molecule has 0 aliphatic carbocycles. The van der Waals surface area contributed by atoms with E-state index in [9.17, 15) is 32.3 Å². The lowest BCUT2D eigenvalue weighted by Crippen LogP contribution is -2.52. The minimum absolute atomic E-state index is 0.0597. The zero-order valence-electron chi connectivity index (χ0n) is 36.2. The van der Waals surface area contributed by atoms with Gasteiger partial charge in [-0.3, -0.25) is 29.4 Å². The van der Waals surface area contributed by atoms with Crippen molar-refractivity contribution in [2.75, 3.05) is 56.4 Å². The molecule has 1 atom stereocenters. The summed E-state index contributed by atoms with van der Waals surface area (Å²) in [5, 5.41) is 3.38. The van der Waals surface area contributed by atoms with Gasteiger partial charge in [-0.15, -0.1) is 13.2 Å². The van der Waals surface area contributed by atoms with Gasteiger partial charge in [-0.25, -0.2) is 9.97 Å². The fourth-order valence-corrected chi connectivity index (χ4v) is 9.79. The van der Waals surface area contributed by atoms with Crippen LogP contribution in [0.15, 0.2) is 60.9 Å². The Balaban J connectivity index is 0.696. The number of benzene rings is 3. The predicted molar refractivity (Wildman–Crippen MR) is 237 cm³/mol. The number of piperazine rings is 1. The monoisotopic (exact) mass is 882 g/mol. The number of anilines is 2. The minimum Gasteiger partial charge on any atom is -0.406 e. The molecule has 8 rings (SSSR count). The average molecular weight is 883 g/mol. The number of nitrogens with two attached hydrogens (primary N) is 1. The maximum absolute atomic E-state index is 13.2. The highest BCUT2D eigenvalue weighted by Crippen LogP contribution is 2.35. The van der Waals surface area contributed by atoms with Crippen molar-refractivity contribution in [3.63, 3.8) is 0 Å². The lowest BCUT2D eigenvalue weighted by atomic mass is 9.90. The first-order chi connectivity index (χ1) is 30.9. The van der Waals surface area contributed by atoms with Crippen LogP contribution in [0.25, 0.3) is 10.9 Å². The Morgan fingerprint density at radius 2 is 1.55 bits per heavy atom. The Hall–Kier alpha value is -5.77. The van der Waals surface area contributed by atoms with Crippen molar-refractivity contribution >= 4 is 45.9 Å². The maximum atomic E-state index is 13.2. The molecular formula is C48H57F3N8O5. The number of carbonyl (C=O) groups excluding carboxylic acids is 4. The van der Waals surface area contributed by atoms with Crippen LogP contribution in [0.3, 0.4) is 0 Å². The first kappa shape index (κ1) is 44.8. The van der Waals surface area contributed by atoms with Gasteiger partial charge in [0.1, 0.15) is 18.1 Å². The number of rotatable bonds is 16. The molecule has 3 fully saturated rings. The molecule has 4 aliphatic rings. The predicted octanol–water partition coefficient (Wildman–Crippen LogP) is 7.38. The molecule has 0 bridgehead atoms. The number of likely N-dealkylation sites (tertiary alicyclic amines) is 1. The number of amides is 4. The van der Waals surface area contributed by atoms with E-state index < -0.39 is 18.2 Å². The molecule has 3 aromatic carbocycles. The number of alkyl halides is 3. The molecular weight excluding hydrogens is 826 g/mol. The molecule has 3 N–H and O–H groups in total. The normalized spacial score (nSPS) is 18.8. The molecule has 4 aliphatic heterocycles. The van der Waals surface area contributed by atoms with E-state index in [1.165, 1.54) is 56.6 Å². The highest BCUT2D eigenvalue weighted by atomic mass is 19.4. The first-order valence-electron chi connectivity index (χ1n) is 22.8. The Bertz CT molecular complexity index is 2340. The SMILES string of the molecule is Nc1cc(OC(F)(F)F)ccc1C(=O)N1CCC(c2ncnc3cc(N4CCN(CCCCCCCCCCc5ccc6c(c5)CN(C5CCC(=O)NC5=O)C6=O)CC4)ccc23)CC1. The van der Waals surface area contributed by atoms with Gasteiger partial charge in [0.25, 0.3) is 11.8 Å².